The number of esters is 1. The normalized spacial score (nSPS) is 37.1. The van der Waals surface area contributed by atoms with Crippen molar-refractivity contribution in [3.05, 3.63) is 0 Å². The number of nitrogens with two attached hydrogens (primary N) is 1. The molecule has 4 aliphatic carbocycles. The van der Waals surface area contributed by atoms with Gasteiger partial charge in [-0.1, -0.05) is 27.2 Å². The molecule has 1 unspecified atom stereocenters. The van der Waals surface area contributed by atoms with Gasteiger partial charge in [-0.2, -0.15) is 0 Å². The Hall–Kier alpha value is -1.06. The number of primary amides is 1. The highest BCUT2D eigenvalue weighted by atomic mass is 16.6. The van der Waals surface area contributed by atoms with Gasteiger partial charge >= 0.3 is 5.97 Å². The molecule has 154 valence electrons. The topological polar surface area (TPSA) is 69.4 Å². The Morgan fingerprint density at radius 2 is 1.52 bits per heavy atom. The van der Waals surface area contributed by atoms with E-state index in [9.17, 15) is 9.59 Å². The first kappa shape index (κ1) is 20.7. The van der Waals surface area contributed by atoms with Gasteiger partial charge in [0.25, 0.3) is 0 Å². The van der Waals surface area contributed by atoms with Gasteiger partial charge in [-0.15, -0.1) is 0 Å². The highest BCUT2D eigenvalue weighted by Gasteiger charge is 2.57. The third kappa shape index (κ3) is 3.78. The molecule has 1 atom stereocenters. The number of hydrogen-bond acceptors (Lipinski definition) is 3. The van der Waals surface area contributed by atoms with Crippen molar-refractivity contribution in [1.29, 1.82) is 0 Å². The molecule has 1 amide bonds. The molecule has 0 aliphatic heterocycles. The molecule has 0 aromatic heterocycles. The third-order valence-electron chi connectivity index (χ3n) is 8.54. The predicted octanol–water partition coefficient (Wildman–Crippen LogP) is 4.84. The van der Waals surface area contributed by atoms with Gasteiger partial charge in [0.1, 0.15) is 5.60 Å². The maximum atomic E-state index is 13.3. The van der Waals surface area contributed by atoms with Gasteiger partial charge in [0, 0.05) is 5.41 Å². The van der Waals surface area contributed by atoms with Crippen LogP contribution in [0.15, 0.2) is 0 Å². The van der Waals surface area contributed by atoms with E-state index in [1.807, 2.05) is 20.8 Å². The Kier molecular flexibility index (Phi) is 5.42. The summed E-state index contributed by atoms with van der Waals surface area (Å²) in [6.45, 7) is 10.1. The summed E-state index contributed by atoms with van der Waals surface area (Å²) < 4.78 is 6.37. The Morgan fingerprint density at radius 3 is 1.96 bits per heavy atom. The maximum absolute atomic E-state index is 13.3. The van der Waals surface area contributed by atoms with Crippen LogP contribution in [0.4, 0.5) is 0 Å². The van der Waals surface area contributed by atoms with Crippen molar-refractivity contribution < 1.29 is 14.3 Å². The van der Waals surface area contributed by atoms with Crippen molar-refractivity contribution in [1.82, 2.24) is 0 Å². The van der Waals surface area contributed by atoms with E-state index in [1.165, 1.54) is 32.1 Å². The molecule has 4 rings (SSSR count). The van der Waals surface area contributed by atoms with Crippen LogP contribution in [-0.2, 0) is 14.3 Å². The lowest BCUT2D eigenvalue weighted by Crippen LogP contribution is -2.58. The summed E-state index contributed by atoms with van der Waals surface area (Å²) in [6.07, 6.45) is 9.40. The fourth-order valence-corrected chi connectivity index (χ4v) is 6.08. The van der Waals surface area contributed by atoms with E-state index in [1.54, 1.807) is 0 Å². The van der Waals surface area contributed by atoms with Gasteiger partial charge in [-0.3, -0.25) is 9.59 Å². The minimum absolute atomic E-state index is 0.0307. The molecule has 0 heterocycles. The monoisotopic (exact) mass is 377 g/mol. The molecule has 0 aromatic rings. The lowest BCUT2D eigenvalue weighted by molar-refractivity contribution is -0.212. The number of amides is 1. The van der Waals surface area contributed by atoms with Crippen LogP contribution in [0.1, 0.15) is 92.4 Å². The molecule has 0 spiro atoms. The summed E-state index contributed by atoms with van der Waals surface area (Å²) in [5.41, 5.74) is 4.22. The van der Waals surface area contributed by atoms with Crippen LogP contribution in [0, 0.1) is 34.5 Å². The van der Waals surface area contributed by atoms with Gasteiger partial charge < -0.3 is 10.5 Å². The molecule has 4 fully saturated rings. The number of rotatable bonds is 8. The molecule has 2 N–H and O–H groups in total. The van der Waals surface area contributed by atoms with Gasteiger partial charge in [0.05, 0.1) is 5.41 Å². The second-order valence-electron chi connectivity index (χ2n) is 10.9. The number of ether oxygens (including phenoxy) is 1. The Bertz CT molecular complexity index is 568. The molecule has 4 bridgehead atoms. The molecule has 4 heteroatoms. The number of carbonyl (C=O) groups excluding carboxylic acids is 2. The summed E-state index contributed by atoms with van der Waals surface area (Å²) in [6, 6.07) is 0. The van der Waals surface area contributed by atoms with Crippen molar-refractivity contribution in [3.8, 4) is 0 Å². The maximum Gasteiger partial charge on any atom is 0.312 e. The fraction of sp³-hybridized carbons (Fsp3) is 0.913. The van der Waals surface area contributed by atoms with Gasteiger partial charge in [0.15, 0.2) is 0 Å². The minimum atomic E-state index is -0.522. The molecule has 0 saturated heterocycles. The lowest BCUT2D eigenvalue weighted by atomic mass is 9.50. The zero-order valence-corrected chi connectivity index (χ0v) is 18.0. The van der Waals surface area contributed by atoms with E-state index in [2.05, 4.69) is 13.8 Å². The van der Waals surface area contributed by atoms with E-state index in [0.717, 1.165) is 31.1 Å². The zero-order chi connectivity index (χ0) is 20.0. The van der Waals surface area contributed by atoms with Crippen LogP contribution >= 0.6 is 0 Å². The van der Waals surface area contributed by atoms with E-state index >= 15 is 0 Å². The third-order valence-corrected chi connectivity index (χ3v) is 8.54. The lowest BCUT2D eigenvalue weighted by Gasteiger charge is -2.59. The summed E-state index contributed by atoms with van der Waals surface area (Å²) in [4.78, 5) is 24.8. The molecule has 27 heavy (non-hydrogen) atoms. The van der Waals surface area contributed by atoms with Gasteiger partial charge in [0.2, 0.25) is 5.91 Å². The van der Waals surface area contributed by atoms with Crippen molar-refractivity contribution in [2.45, 2.75) is 98.0 Å². The molecular formula is C23H39NO3. The summed E-state index contributed by atoms with van der Waals surface area (Å²) in [5, 5.41) is 0. The van der Waals surface area contributed by atoms with Gasteiger partial charge in [-0.25, -0.2) is 0 Å². The standard InChI is InChI=1S/C23H39NO3/c1-6-22(4,9-7-8-21(2,3)19(24)25)20(26)27-23(5)17-11-15-10-16(13-17)14-18(23)12-15/h15-18H,6-14H2,1-5H3,(H2,24,25). The Balaban J connectivity index is 1.63. The highest BCUT2D eigenvalue weighted by molar-refractivity contribution is 5.80. The summed E-state index contributed by atoms with van der Waals surface area (Å²) >= 11 is 0. The fourth-order valence-electron chi connectivity index (χ4n) is 6.08. The minimum Gasteiger partial charge on any atom is -0.458 e. The largest absolute Gasteiger partial charge is 0.458 e. The smallest absolute Gasteiger partial charge is 0.312 e. The van der Waals surface area contributed by atoms with Crippen LogP contribution in [0.25, 0.3) is 0 Å². The van der Waals surface area contributed by atoms with Crippen molar-refractivity contribution in [3.63, 3.8) is 0 Å². The van der Waals surface area contributed by atoms with E-state index in [-0.39, 0.29) is 17.5 Å². The van der Waals surface area contributed by atoms with E-state index < -0.39 is 10.8 Å². The first-order valence-electron chi connectivity index (χ1n) is 11.0. The zero-order valence-electron chi connectivity index (χ0n) is 18.0. The van der Waals surface area contributed by atoms with Crippen LogP contribution in [0.3, 0.4) is 0 Å². The van der Waals surface area contributed by atoms with Crippen LogP contribution in [0.2, 0.25) is 0 Å². The molecular weight excluding hydrogens is 338 g/mol. The molecule has 0 aromatic carbocycles. The number of hydrogen-bond donors (Lipinski definition) is 1. The van der Waals surface area contributed by atoms with Crippen molar-refractivity contribution >= 4 is 11.9 Å². The first-order chi connectivity index (χ1) is 12.5. The molecule has 4 saturated carbocycles. The Labute approximate surface area is 165 Å². The number of carbonyl (C=O) groups is 2. The predicted molar refractivity (Wildman–Crippen MR) is 107 cm³/mol. The molecule has 0 radical (unpaired) electrons. The van der Waals surface area contributed by atoms with Crippen LogP contribution in [0.5, 0.6) is 0 Å². The van der Waals surface area contributed by atoms with E-state index in [4.69, 9.17) is 10.5 Å². The SMILES string of the molecule is CCC(C)(CCCC(C)(C)C(N)=O)C(=O)OC1(C)C2CC3CC(C2)CC1C3. The van der Waals surface area contributed by atoms with Crippen molar-refractivity contribution in [2.24, 2.45) is 40.2 Å². The second-order valence-corrected chi connectivity index (χ2v) is 10.9. The van der Waals surface area contributed by atoms with Crippen LogP contribution in [-0.4, -0.2) is 17.5 Å². The average Bonchev–Trinajstić information content (AvgIpc) is 2.58. The average molecular weight is 378 g/mol. The van der Waals surface area contributed by atoms with Crippen LogP contribution < -0.4 is 5.73 Å². The molecule has 4 nitrogen and oxygen atoms in total. The summed E-state index contributed by atoms with van der Waals surface area (Å²) in [7, 11) is 0. The first-order valence-corrected chi connectivity index (χ1v) is 11.0. The van der Waals surface area contributed by atoms with Crippen molar-refractivity contribution in [2.75, 3.05) is 0 Å². The Morgan fingerprint density at radius 1 is 1.00 bits per heavy atom. The quantitative estimate of drug-likeness (QED) is 0.615. The summed E-state index contributed by atoms with van der Waals surface area (Å²) in [5.74, 6) is 2.53. The van der Waals surface area contributed by atoms with Gasteiger partial charge in [-0.05, 0) is 88.9 Å². The van der Waals surface area contributed by atoms with E-state index in [0.29, 0.717) is 18.3 Å². The second kappa shape index (κ2) is 7.08. The molecule has 4 aliphatic rings. The highest BCUT2D eigenvalue weighted by Crippen LogP contribution is 2.59.